The molecule has 0 unspecified atom stereocenters. The summed E-state index contributed by atoms with van der Waals surface area (Å²) in [6.07, 6.45) is 0.494. The Morgan fingerprint density at radius 3 is 2.53 bits per heavy atom. The van der Waals surface area contributed by atoms with E-state index in [-0.39, 0.29) is 16.9 Å². The lowest BCUT2D eigenvalue weighted by Crippen LogP contribution is -2.07. The van der Waals surface area contributed by atoms with Crippen LogP contribution in [0.5, 0.6) is 5.75 Å². The van der Waals surface area contributed by atoms with Gasteiger partial charge in [-0.3, -0.25) is 4.79 Å². The van der Waals surface area contributed by atoms with Gasteiger partial charge in [-0.15, -0.1) is 0 Å². The predicted molar refractivity (Wildman–Crippen MR) is 49.7 cm³/mol. The monoisotopic (exact) mass is 212 g/mol. The first-order valence-corrected chi connectivity index (χ1v) is 4.05. The van der Waals surface area contributed by atoms with Crippen molar-refractivity contribution in [1.82, 2.24) is 0 Å². The van der Waals surface area contributed by atoms with Gasteiger partial charge in [-0.2, -0.15) is 0 Å². The quantitative estimate of drug-likeness (QED) is 0.561. The van der Waals surface area contributed by atoms with Crippen molar-refractivity contribution in [3.8, 4) is 5.75 Å². The molecule has 1 rings (SSSR count). The molecular weight excluding hydrogens is 203 g/mol. The molecule has 0 spiro atoms. The summed E-state index contributed by atoms with van der Waals surface area (Å²) in [5, 5.41) is 0. The smallest absolute Gasteiger partial charge is 0.341 e. The molecule has 0 atom stereocenters. The van der Waals surface area contributed by atoms with Gasteiger partial charge in [0.15, 0.2) is 11.6 Å². The van der Waals surface area contributed by atoms with Crippen LogP contribution >= 0.6 is 0 Å². The third-order valence-corrected chi connectivity index (χ3v) is 1.82. The Hall–Kier alpha value is -1.91. The lowest BCUT2D eigenvalue weighted by atomic mass is 10.1. The Labute approximate surface area is 85.6 Å². The zero-order valence-corrected chi connectivity index (χ0v) is 8.24. The number of hydrogen-bond acceptors (Lipinski definition) is 4. The third-order valence-electron chi connectivity index (χ3n) is 1.82. The summed E-state index contributed by atoms with van der Waals surface area (Å²) < 4.78 is 22.5. The maximum absolute atomic E-state index is 13.5. The van der Waals surface area contributed by atoms with Crippen molar-refractivity contribution < 1.29 is 23.5 Å². The Morgan fingerprint density at radius 2 is 2.07 bits per heavy atom. The fraction of sp³-hybridized carbons (Fsp3) is 0.200. The highest BCUT2D eigenvalue weighted by molar-refractivity contribution is 5.92. The van der Waals surface area contributed by atoms with Gasteiger partial charge < -0.3 is 9.47 Å². The summed E-state index contributed by atoms with van der Waals surface area (Å²) in [5.41, 5.74) is -0.174. The molecule has 0 fully saturated rings. The van der Waals surface area contributed by atoms with E-state index in [0.29, 0.717) is 6.29 Å². The van der Waals surface area contributed by atoms with Crippen LogP contribution in [0.3, 0.4) is 0 Å². The number of hydrogen-bond donors (Lipinski definition) is 0. The molecule has 0 aromatic heterocycles. The van der Waals surface area contributed by atoms with E-state index in [1.165, 1.54) is 13.2 Å². The Bertz CT molecular complexity index is 401. The van der Waals surface area contributed by atoms with E-state index in [2.05, 4.69) is 9.47 Å². The van der Waals surface area contributed by atoms with Crippen LogP contribution in [-0.2, 0) is 4.74 Å². The molecule has 0 saturated heterocycles. The zero-order valence-electron chi connectivity index (χ0n) is 8.24. The molecule has 0 aliphatic rings. The van der Waals surface area contributed by atoms with Crippen LogP contribution in [-0.4, -0.2) is 26.5 Å². The predicted octanol–water partition coefficient (Wildman–Crippen LogP) is 1.43. The minimum Gasteiger partial charge on any atom is -0.494 e. The number of ether oxygens (including phenoxy) is 2. The molecule has 0 N–H and O–H groups in total. The van der Waals surface area contributed by atoms with Crippen molar-refractivity contribution in [1.29, 1.82) is 0 Å². The summed E-state index contributed by atoms with van der Waals surface area (Å²) in [6.45, 7) is 0. The highest BCUT2D eigenvalue weighted by Gasteiger charge is 2.17. The van der Waals surface area contributed by atoms with Gasteiger partial charge in [-0.05, 0) is 12.1 Å². The van der Waals surface area contributed by atoms with E-state index in [1.54, 1.807) is 0 Å². The number of aldehydes is 1. The fourth-order valence-electron chi connectivity index (χ4n) is 1.09. The molecule has 15 heavy (non-hydrogen) atoms. The average molecular weight is 212 g/mol. The minimum absolute atomic E-state index is 0.147. The molecule has 1 aromatic rings. The SMILES string of the molecule is COC(=O)c1cc(C=O)cc(OC)c1F. The van der Waals surface area contributed by atoms with Crippen LogP contribution in [0.2, 0.25) is 0 Å². The molecule has 0 heterocycles. The summed E-state index contributed by atoms with van der Waals surface area (Å²) >= 11 is 0. The summed E-state index contributed by atoms with van der Waals surface area (Å²) in [7, 11) is 2.37. The third kappa shape index (κ3) is 2.12. The first-order chi connectivity index (χ1) is 7.13. The summed E-state index contributed by atoms with van der Waals surface area (Å²) in [5.74, 6) is -1.86. The van der Waals surface area contributed by atoms with Crippen molar-refractivity contribution in [2.45, 2.75) is 0 Å². The molecule has 0 amide bonds. The van der Waals surface area contributed by atoms with Crippen LogP contribution in [0.4, 0.5) is 4.39 Å². The summed E-state index contributed by atoms with van der Waals surface area (Å²) in [4.78, 5) is 21.7. The van der Waals surface area contributed by atoms with Gasteiger partial charge >= 0.3 is 5.97 Å². The van der Waals surface area contributed by atoms with E-state index in [4.69, 9.17) is 0 Å². The molecular formula is C10H9FO4. The normalized spacial score (nSPS) is 9.53. The minimum atomic E-state index is -0.852. The van der Waals surface area contributed by atoms with E-state index in [0.717, 1.165) is 13.2 Å². The molecule has 0 saturated carbocycles. The second kappa shape index (κ2) is 4.54. The average Bonchev–Trinajstić information content (AvgIpc) is 2.28. The number of methoxy groups -OCH3 is 2. The number of carbonyl (C=O) groups excluding carboxylic acids is 2. The number of halogens is 1. The van der Waals surface area contributed by atoms with Gasteiger partial charge in [-0.25, -0.2) is 9.18 Å². The molecule has 80 valence electrons. The van der Waals surface area contributed by atoms with E-state index in [1.807, 2.05) is 0 Å². The van der Waals surface area contributed by atoms with Crippen molar-refractivity contribution in [2.24, 2.45) is 0 Å². The van der Waals surface area contributed by atoms with E-state index >= 15 is 0 Å². The largest absolute Gasteiger partial charge is 0.494 e. The Kier molecular flexibility index (Phi) is 3.38. The van der Waals surface area contributed by atoms with Gasteiger partial charge in [0, 0.05) is 5.56 Å². The Balaban J connectivity index is 3.36. The van der Waals surface area contributed by atoms with Gasteiger partial charge in [0.2, 0.25) is 0 Å². The van der Waals surface area contributed by atoms with Crippen LogP contribution in [0.25, 0.3) is 0 Å². The van der Waals surface area contributed by atoms with Gasteiger partial charge in [0.05, 0.1) is 19.8 Å². The second-order valence-electron chi connectivity index (χ2n) is 2.69. The van der Waals surface area contributed by atoms with Gasteiger partial charge in [0.25, 0.3) is 0 Å². The highest BCUT2D eigenvalue weighted by Crippen LogP contribution is 2.22. The highest BCUT2D eigenvalue weighted by atomic mass is 19.1. The maximum Gasteiger partial charge on any atom is 0.341 e. The zero-order chi connectivity index (χ0) is 11.4. The topological polar surface area (TPSA) is 52.6 Å². The van der Waals surface area contributed by atoms with Crippen LogP contribution in [0.15, 0.2) is 12.1 Å². The molecule has 1 aromatic carbocycles. The number of esters is 1. The van der Waals surface area contributed by atoms with Crippen molar-refractivity contribution >= 4 is 12.3 Å². The number of carbonyl (C=O) groups is 2. The molecule has 0 aliphatic heterocycles. The molecule has 5 heteroatoms. The van der Waals surface area contributed by atoms with Crippen molar-refractivity contribution in [3.63, 3.8) is 0 Å². The van der Waals surface area contributed by atoms with E-state index < -0.39 is 11.8 Å². The standard InChI is InChI=1S/C10H9FO4/c1-14-8-4-6(5-12)3-7(9(8)11)10(13)15-2/h3-5H,1-2H3. The van der Waals surface area contributed by atoms with Gasteiger partial charge in [0.1, 0.15) is 6.29 Å². The molecule has 0 aliphatic carbocycles. The fourth-order valence-corrected chi connectivity index (χ4v) is 1.09. The maximum atomic E-state index is 13.5. The van der Waals surface area contributed by atoms with Crippen molar-refractivity contribution in [3.05, 3.63) is 29.1 Å². The number of rotatable bonds is 3. The lowest BCUT2D eigenvalue weighted by Gasteiger charge is -2.06. The first-order valence-electron chi connectivity index (χ1n) is 4.05. The molecule has 4 nitrogen and oxygen atoms in total. The first kappa shape index (κ1) is 11.2. The summed E-state index contributed by atoms with van der Waals surface area (Å²) in [6, 6.07) is 2.31. The lowest BCUT2D eigenvalue weighted by molar-refractivity contribution is 0.0594. The molecule has 0 bridgehead atoms. The second-order valence-corrected chi connectivity index (χ2v) is 2.69. The number of benzene rings is 1. The van der Waals surface area contributed by atoms with Crippen LogP contribution in [0.1, 0.15) is 20.7 Å². The Morgan fingerprint density at radius 1 is 1.40 bits per heavy atom. The van der Waals surface area contributed by atoms with Crippen LogP contribution < -0.4 is 4.74 Å². The van der Waals surface area contributed by atoms with Crippen molar-refractivity contribution in [2.75, 3.05) is 14.2 Å². The van der Waals surface area contributed by atoms with Crippen LogP contribution in [0, 0.1) is 5.82 Å². The van der Waals surface area contributed by atoms with E-state index in [9.17, 15) is 14.0 Å². The van der Waals surface area contributed by atoms with Gasteiger partial charge in [-0.1, -0.05) is 0 Å². The molecule has 0 radical (unpaired) electrons.